The van der Waals surface area contributed by atoms with E-state index in [0.717, 1.165) is 16.4 Å². The first-order valence-corrected chi connectivity index (χ1v) is 8.95. The van der Waals surface area contributed by atoms with Crippen LogP contribution in [0.2, 0.25) is 0 Å². The van der Waals surface area contributed by atoms with Gasteiger partial charge < -0.3 is 4.74 Å². The lowest BCUT2D eigenvalue weighted by Gasteiger charge is -2.31. The number of halogens is 2. The van der Waals surface area contributed by atoms with Gasteiger partial charge in [-0.1, -0.05) is 70.7 Å². The minimum absolute atomic E-state index is 0.301. The van der Waals surface area contributed by atoms with Gasteiger partial charge in [0.1, 0.15) is 0 Å². The molecule has 0 bridgehead atoms. The number of rotatable bonds is 9. The molecule has 0 radical (unpaired) electrons. The molecule has 0 fully saturated rings. The van der Waals surface area contributed by atoms with Crippen molar-refractivity contribution in [2.75, 3.05) is 11.9 Å². The summed E-state index contributed by atoms with van der Waals surface area (Å²) in [6.45, 7) is 6.04. The summed E-state index contributed by atoms with van der Waals surface area (Å²) in [4.78, 5) is 0. The molecular formula is C16H24Br2O. The number of benzene rings is 1. The lowest BCUT2D eigenvalue weighted by molar-refractivity contribution is 0.0354. The maximum atomic E-state index is 5.99. The second-order valence-corrected chi connectivity index (χ2v) is 6.73. The Labute approximate surface area is 134 Å². The highest BCUT2D eigenvalue weighted by molar-refractivity contribution is 9.10. The Balaban J connectivity index is 2.51. The second-order valence-electron chi connectivity index (χ2n) is 5.26. The van der Waals surface area contributed by atoms with E-state index in [1.54, 1.807) is 0 Å². The van der Waals surface area contributed by atoms with Crippen LogP contribution in [0.3, 0.4) is 0 Å². The van der Waals surface area contributed by atoms with Crippen molar-refractivity contribution in [1.29, 1.82) is 0 Å². The Bertz CT molecular complexity index is 360. The van der Waals surface area contributed by atoms with Crippen LogP contribution < -0.4 is 0 Å². The third-order valence-corrected chi connectivity index (χ3v) is 5.09. The Morgan fingerprint density at radius 3 is 2.37 bits per heavy atom. The molecule has 0 aromatic heterocycles. The zero-order chi connectivity index (χ0) is 14.1. The summed E-state index contributed by atoms with van der Waals surface area (Å²) in [5.41, 5.74) is 1.53. The maximum absolute atomic E-state index is 5.99. The van der Waals surface area contributed by atoms with E-state index in [2.05, 4.69) is 63.9 Å². The SMILES string of the molecule is CCCC(CBr)(CCC)COCc1cccc(Br)c1. The average Bonchev–Trinajstić information content (AvgIpc) is 2.39. The summed E-state index contributed by atoms with van der Waals surface area (Å²) in [6.07, 6.45) is 4.88. The molecule has 0 heterocycles. The molecule has 0 saturated carbocycles. The maximum Gasteiger partial charge on any atom is 0.0717 e. The Hall–Kier alpha value is 0.140. The van der Waals surface area contributed by atoms with E-state index in [-0.39, 0.29) is 0 Å². The van der Waals surface area contributed by atoms with Crippen molar-refractivity contribution in [3.8, 4) is 0 Å². The van der Waals surface area contributed by atoms with Crippen LogP contribution >= 0.6 is 31.9 Å². The van der Waals surface area contributed by atoms with Crippen molar-refractivity contribution < 1.29 is 4.74 Å². The molecular weight excluding hydrogens is 368 g/mol. The third kappa shape index (κ3) is 5.97. The van der Waals surface area contributed by atoms with Crippen molar-refractivity contribution in [3.63, 3.8) is 0 Å². The fourth-order valence-corrected chi connectivity index (χ4v) is 3.68. The predicted octanol–water partition coefficient (Wildman–Crippen LogP) is 5.95. The minimum atomic E-state index is 0.301. The Morgan fingerprint density at radius 2 is 1.84 bits per heavy atom. The molecule has 0 aliphatic carbocycles. The van der Waals surface area contributed by atoms with Crippen LogP contribution in [-0.4, -0.2) is 11.9 Å². The standard InChI is InChI=1S/C16H24Br2O/c1-3-8-16(12-17,9-4-2)13-19-11-14-6-5-7-15(18)10-14/h5-7,10H,3-4,8-9,11-13H2,1-2H3. The van der Waals surface area contributed by atoms with Crippen molar-refractivity contribution in [2.45, 2.75) is 46.1 Å². The van der Waals surface area contributed by atoms with Crippen molar-refractivity contribution in [1.82, 2.24) is 0 Å². The highest BCUT2D eigenvalue weighted by atomic mass is 79.9. The van der Waals surface area contributed by atoms with Crippen LogP contribution in [0.5, 0.6) is 0 Å². The second kappa shape index (κ2) is 9.15. The predicted molar refractivity (Wildman–Crippen MR) is 89.8 cm³/mol. The zero-order valence-corrected chi connectivity index (χ0v) is 15.1. The summed E-state index contributed by atoms with van der Waals surface area (Å²) >= 11 is 7.18. The van der Waals surface area contributed by atoms with Crippen LogP contribution in [0, 0.1) is 5.41 Å². The highest BCUT2D eigenvalue weighted by Crippen LogP contribution is 2.32. The van der Waals surface area contributed by atoms with Gasteiger partial charge in [0.05, 0.1) is 13.2 Å². The summed E-state index contributed by atoms with van der Waals surface area (Å²) in [5, 5.41) is 1.03. The lowest BCUT2D eigenvalue weighted by Crippen LogP contribution is -2.28. The number of ether oxygens (including phenoxy) is 1. The van der Waals surface area contributed by atoms with E-state index in [1.165, 1.54) is 31.2 Å². The van der Waals surface area contributed by atoms with Gasteiger partial charge in [0.15, 0.2) is 0 Å². The van der Waals surface area contributed by atoms with Gasteiger partial charge in [-0.3, -0.25) is 0 Å². The van der Waals surface area contributed by atoms with Crippen molar-refractivity contribution >= 4 is 31.9 Å². The topological polar surface area (TPSA) is 9.23 Å². The average molecular weight is 392 g/mol. The van der Waals surface area contributed by atoms with Crippen molar-refractivity contribution in [2.24, 2.45) is 5.41 Å². The Kier molecular flexibility index (Phi) is 8.27. The molecule has 0 spiro atoms. The van der Waals surface area contributed by atoms with Crippen LogP contribution in [0.25, 0.3) is 0 Å². The molecule has 19 heavy (non-hydrogen) atoms. The smallest absolute Gasteiger partial charge is 0.0717 e. The molecule has 0 aliphatic rings. The highest BCUT2D eigenvalue weighted by Gasteiger charge is 2.27. The van der Waals surface area contributed by atoms with E-state index >= 15 is 0 Å². The summed E-state index contributed by atoms with van der Waals surface area (Å²) in [7, 11) is 0. The van der Waals surface area contributed by atoms with E-state index in [1.807, 2.05) is 6.07 Å². The first-order chi connectivity index (χ1) is 9.15. The molecule has 1 rings (SSSR count). The van der Waals surface area contributed by atoms with E-state index in [0.29, 0.717) is 12.0 Å². The van der Waals surface area contributed by atoms with Gasteiger partial charge in [-0.05, 0) is 30.5 Å². The molecule has 0 unspecified atom stereocenters. The summed E-state index contributed by atoms with van der Waals surface area (Å²) in [6, 6.07) is 8.33. The van der Waals surface area contributed by atoms with Crippen molar-refractivity contribution in [3.05, 3.63) is 34.3 Å². The van der Waals surface area contributed by atoms with Gasteiger partial charge in [0, 0.05) is 15.2 Å². The van der Waals surface area contributed by atoms with Gasteiger partial charge in [-0.2, -0.15) is 0 Å². The normalized spacial score (nSPS) is 11.8. The minimum Gasteiger partial charge on any atom is -0.376 e. The molecule has 0 aliphatic heterocycles. The largest absolute Gasteiger partial charge is 0.376 e. The third-order valence-electron chi connectivity index (χ3n) is 3.41. The zero-order valence-electron chi connectivity index (χ0n) is 11.9. The summed E-state index contributed by atoms with van der Waals surface area (Å²) < 4.78 is 7.10. The van der Waals surface area contributed by atoms with E-state index in [9.17, 15) is 0 Å². The molecule has 1 aromatic carbocycles. The first kappa shape index (κ1) is 17.2. The number of hydrogen-bond acceptors (Lipinski definition) is 1. The molecule has 1 nitrogen and oxygen atoms in total. The van der Waals surface area contributed by atoms with Gasteiger partial charge >= 0.3 is 0 Å². The molecule has 0 N–H and O–H groups in total. The first-order valence-electron chi connectivity index (χ1n) is 7.04. The van der Waals surface area contributed by atoms with Crippen LogP contribution in [0.4, 0.5) is 0 Å². The van der Waals surface area contributed by atoms with Gasteiger partial charge in [-0.15, -0.1) is 0 Å². The van der Waals surface area contributed by atoms with E-state index in [4.69, 9.17) is 4.74 Å². The summed E-state index contributed by atoms with van der Waals surface area (Å²) in [5.74, 6) is 0. The molecule has 0 amide bonds. The van der Waals surface area contributed by atoms with Crippen LogP contribution in [0.15, 0.2) is 28.7 Å². The fraction of sp³-hybridized carbons (Fsp3) is 0.625. The van der Waals surface area contributed by atoms with Gasteiger partial charge in [0.25, 0.3) is 0 Å². The van der Waals surface area contributed by atoms with Crippen LogP contribution in [0.1, 0.15) is 45.1 Å². The van der Waals surface area contributed by atoms with Gasteiger partial charge in [0.2, 0.25) is 0 Å². The molecule has 1 aromatic rings. The lowest BCUT2D eigenvalue weighted by atomic mass is 9.82. The molecule has 0 saturated heterocycles. The molecule has 0 atom stereocenters. The molecule has 108 valence electrons. The van der Waals surface area contributed by atoms with E-state index < -0.39 is 0 Å². The molecule has 3 heteroatoms. The fourth-order valence-electron chi connectivity index (χ4n) is 2.51. The number of alkyl halides is 1. The monoisotopic (exact) mass is 390 g/mol. The van der Waals surface area contributed by atoms with Crippen LogP contribution in [-0.2, 0) is 11.3 Å². The number of hydrogen-bond donors (Lipinski definition) is 0. The Morgan fingerprint density at radius 1 is 1.16 bits per heavy atom. The quantitative estimate of drug-likeness (QED) is 0.472. The van der Waals surface area contributed by atoms with Gasteiger partial charge in [-0.25, -0.2) is 0 Å².